The molecule has 0 spiro atoms. The van der Waals surface area contributed by atoms with Gasteiger partial charge < -0.3 is 4.74 Å². The summed E-state index contributed by atoms with van der Waals surface area (Å²) in [5.41, 5.74) is -1.97. The van der Waals surface area contributed by atoms with Crippen molar-refractivity contribution < 1.29 is 17.9 Å². The molecule has 1 fully saturated rings. The highest BCUT2D eigenvalue weighted by Gasteiger charge is 2.46. The van der Waals surface area contributed by atoms with Crippen LogP contribution in [0.3, 0.4) is 0 Å². The van der Waals surface area contributed by atoms with Crippen LogP contribution in [0.25, 0.3) is 0 Å². The van der Waals surface area contributed by atoms with Gasteiger partial charge in [0.15, 0.2) is 0 Å². The van der Waals surface area contributed by atoms with Gasteiger partial charge in [0.2, 0.25) is 0 Å². The van der Waals surface area contributed by atoms with Crippen LogP contribution in [0.15, 0.2) is 24.3 Å². The molecule has 1 atom stereocenters. The molecule has 0 radical (unpaired) electrons. The summed E-state index contributed by atoms with van der Waals surface area (Å²) in [7, 11) is 0. The zero-order valence-electron chi connectivity index (χ0n) is 10.6. The summed E-state index contributed by atoms with van der Waals surface area (Å²) in [6.45, 7) is 5.80. The third kappa shape index (κ3) is 2.37. The van der Waals surface area contributed by atoms with E-state index in [4.69, 9.17) is 4.74 Å². The second kappa shape index (κ2) is 3.96. The maximum atomic E-state index is 13.0. The normalized spacial score (nSPS) is 27.4. The lowest BCUT2D eigenvalue weighted by atomic mass is 9.96. The van der Waals surface area contributed by atoms with Crippen molar-refractivity contribution in [1.29, 1.82) is 0 Å². The lowest BCUT2D eigenvalue weighted by Gasteiger charge is -2.29. The summed E-state index contributed by atoms with van der Waals surface area (Å²) in [5.74, 6) is 0. The van der Waals surface area contributed by atoms with E-state index in [0.29, 0.717) is 6.61 Å². The Balaban J connectivity index is 2.46. The molecule has 1 unspecified atom stereocenters. The zero-order chi connectivity index (χ0) is 13.6. The Bertz CT molecular complexity index is 456. The summed E-state index contributed by atoms with van der Waals surface area (Å²) in [6, 6.07) is 5.51. The van der Waals surface area contributed by atoms with Crippen molar-refractivity contribution in [3.8, 4) is 0 Å². The molecule has 0 saturated carbocycles. The largest absolute Gasteiger partial charge is 0.416 e. The lowest BCUT2D eigenvalue weighted by Crippen LogP contribution is -2.45. The van der Waals surface area contributed by atoms with Gasteiger partial charge in [0.25, 0.3) is 0 Å². The van der Waals surface area contributed by atoms with Gasteiger partial charge in [0, 0.05) is 11.1 Å². The van der Waals surface area contributed by atoms with Crippen LogP contribution >= 0.6 is 0 Å². The van der Waals surface area contributed by atoms with Crippen LogP contribution < -0.4 is 5.32 Å². The van der Waals surface area contributed by atoms with Gasteiger partial charge in [-0.2, -0.15) is 13.2 Å². The monoisotopic (exact) mass is 259 g/mol. The number of hydrogen-bond acceptors (Lipinski definition) is 2. The Morgan fingerprint density at radius 1 is 1.17 bits per heavy atom. The minimum atomic E-state index is -4.38. The lowest BCUT2D eigenvalue weighted by molar-refractivity contribution is -0.141. The summed E-state index contributed by atoms with van der Waals surface area (Å²) >= 11 is 0. The van der Waals surface area contributed by atoms with E-state index in [9.17, 15) is 13.2 Å². The van der Waals surface area contributed by atoms with E-state index in [0.717, 1.165) is 6.07 Å². The highest BCUT2D eigenvalue weighted by Crippen LogP contribution is 2.40. The molecule has 0 aromatic heterocycles. The van der Waals surface area contributed by atoms with E-state index in [1.807, 2.05) is 13.8 Å². The molecule has 0 bridgehead atoms. The molecule has 100 valence electrons. The van der Waals surface area contributed by atoms with Crippen LogP contribution in [-0.4, -0.2) is 12.1 Å². The number of halogens is 3. The van der Waals surface area contributed by atoms with E-state index in [2.05, 4.69) is 5.32 Å². The molecule has 1 N–H and O–H groups in total. The van der Waals surface area contributed by atoms with E-state index in [1.54, 1.807) is 13.0 Å². The minimum absolute atomic E-state index is 0.128. The molecule has 5 heteroatoms. The van der Waals surface area contributed by atoms with Crippen molar-refractivity contribution in [3.63, 3.8) is 0 Å². The summed E-state index contributed by atoms with van der Waals surface area (Å²) in [5, 5.41) is 3.11. The Morgan fingerprint density at radius 3 is 2.28 bits per heavy atom. The standard InChI is InChI=1S/C13H16F3NO/c1-11(2)8-18-12(3,17-11)9-6-4-5-7-10(9)13(14,15)16/h4-7,17H,8H2,1-3H3. The van der Waals surface area contributed by atoms with Gasteiger partial charge in [-0.1, -0.05) is 18.2 Å². The van der Waals surface area contributed by atoms with Crippen molar-refractivity contribution in [3.05, 3.63) is 35.4 Å². The fourth-order valence-electron chi connectivity index (χ4n) is 2.33. The quantitative estimate of drug-likeness (QED) is 0.835. The third-order valence-electron chi connectivity index (χ3n) is 3.05. The fraction of sp³-hybridized carbons (Fsp3) is 0.538. The first-order valence-corrected chi connectivity index (χ1v) is 5.74. The number of ether oxygens (including phenoxy) is 1. The summed E-state index contributed by atoms with van der Waals surface area (Å²) < 4.78 is 44.5. The molecular formula is C13H16F3NO. The zero-order valence-corrected chi connectivity index (χ0v) is 10.6. The van der Waals surface area contributed by atoms with Gasteiger partial charge in [-0.05, 0) is 26.8 Å². The Kier molecular flexibility index (Phi) is 2.94. The molecular weight excluding hydrogens is 243 g/mol. The third-order valence-corrected chi connectivity index (χ3v) is 3.05. The van der Waals surface area contributed by atoms with Crippen molar-refractivity contribution in [2.45, 2.75) is 38.2 Å². The van der Waals surface area contributed by atoms with Crippen molar-refractivity contribution in [2.24, 2.45) is 0 Å². The molecule has 0 aliphatic carbocycles. The van der Waals surface area contributed by atoms with E-state index in [-0.39, 0.29) is 11.1 Å². The second-order valence-corrected chi connectivity index (χ2v) is 5.37. The predicted octanol–water partition coefficient (Wildman–Crippen LogP) is 3.28. The van der Waals surface area contributed by atoms with Gasteiger partial charge in [-0.3, -0.25) is 5.32 Å². The average Bonchev–Trinajstić information content (AvgIpc) is 2.53. The summed E-state index contributed by atoms with van der Waals surface area (Å²) in [6.07, 6.45) is -4.38. The molecule has 2 rings (SSSR count). The van der Waals surface area contributed by atoms with E-state index in [1.165, 1.54) is 12.1 Å². The molecule has 2 nitrogen and oxygen atoms in total. The smallest absolute Gasteiger partial charge is 0.355 e. The first kappa shape index (κ1) is 13.4. The fourth-order valence-corrected chi connectivity index (χ4v) is 2.33. The van der Waals surface area contributed by atoms with Gasteiger partial charge >= 0.3 is 6.18 Å². The number of rotatable bonds is 1. The molecule has 1 aliphatic heterocycles. The van der Waals surface area contributed by atoms with Crippen LogP contribution in [0.5, 0.6) is 0 Å². The molecule has 1 aromatic rings. The van der Waals surface area contributed by atoms with Gasteiger partial charge in [-0.15, -0.1) is 0 Å². The number of alkyl halides is 3. The van der Waals surface area contributed by atoms with Gasteiger partial charge in [-0.25, -0.2) is 0 Å². The first-order valence-electron chi connectivity index (χ1n) is 5.74. The molecule has 1 saturated heterocycles. The molecule has 18 heavy (non-hydrogen) atoms. The Morgan fingerprint density at radius 2 is 1.78 bits per heavy atom. The SMILES string of the molecule is CC1(C)COC(C)(c2ccccc2C(F)(F)F)N1. The molecule has 1 aliphatic rings. The van der Waals surface area contributed by atoms with Crippen molar-refractivity contribution in [2.75, 3.05) is 6.61 Å². The van der Waals surface area contributed by atoms with Crippen molar-refractivity contribution >= 4 is 0 Å². The highest BCUT2D eigenvalue weighted by molar-refractivity contribution is 5.35. The van der Waals surface area contributed by atoms with Crippen LogP contribution in [0.1, 0.15) is 31.9 Å². The topological polar surface area (TPSA) is 21.3 Å². The van der Waals surface area contributed by atoms with Crippen LogP contribution in [0.4, 0.5) is 13.2 Å². The van der Waals surface area contributed by atoms with Crippen LogP contribution in [0.2, 0.25) is 0 Å². The van der Waals surface area contributed by atoms with Gasteiger partial charge in [0.05, 0.1) is 12.2 Å². The first-order chi connectivity index (χ1) is 8.14. The van der Waals surface area contributed by atoms with Crippen LogP contribution in [0, 0.1) is 0 Å². The van der Waals surface area contributed by atoms with E-state index < -0.39 is 17.5 Å². The Hall–Kier alpha value is -1.07. The molecule has 1 aromatic carbocycles. The van der Waals surface area contributed by atoms with Crippen molar-refractivity contribution in [1.82, 2.24) is 5.32 Å². The maximum absolute atomic E-state index is 13.0. The minimum Gasteiger partial charge on any atom is -0.355 e. The average molecular weight is 259 g/mol. The molecule has 0 amide bonds. The van der Waals surface area contributed by atoms with Gasteiger partial charge in [0.1, 0.15) is 5.72 Å². The summed E-state index contributed by atoms with van der Waals surface area (Å²) in [4.78, 5) is 0. The molecule has 1 heterocycles. The second-order valence-electron chi connectivity index (χ2n) is 5.37. The Labute approximate surface area is 104 Å². The number of hydrogen-bond donors (Lipinski definition) is 1. The highest BCUT2D eigenvalue weighted by atomic mass is 19.4. The van der Waals surface area contributed by atoms with Crippen LogP contribution in [-0.2, 0) is 16.6 Å². The number of benzene rings is 1. The van der Waals surface area contributed by atoms with E-state index >= 15 is 0 Å². The number of nitrogens with one attached hydrogen (secondary N) is 1. The maximum Gasteiger partial charge on any atom is 0.416 e. The predicted molar refractivity (Wildman–Crippen MR) is 62.0 cm³/mol.